The maximum atomic E-state index is 10.3. The Kier molecular flexibility index (Phi) is 8.81. The summed E-state index contributed by atoms with van der Waals surface area (Å²) in [6.45, 7) is 0. The molecule has 0 saturated heterocycles. The van der Waals surface area contributed by atoms with E-state index < -0.39 is 22.3 Å². The predicted octanol–water partition coefficient (Wildman–Crippen LogP) is -2.91. The van der Waals surface area contributed by atoms with Crippen LogP contribution in [0.4, 0.5) is 0 Å². The molecule has 10 heteroatoms. The average Bonchev–Trinajstić information content (AvgIpc) is 2.15. The summed E-state index contributed by atoms with van der Waals surface area (Å²) >= 11 is 0. The van der Waals surface area contributed by atoms with Crippen molar-refractivity contribution in [2.75, 3.05) is 0 Å². The topological polar surface area (TPSA) is 152 Å². The van der Waals surface area contributed by atoms with Gasteiger partial charge in [-0.1, -0.05) is 0 Å². The van der Waals surface area contributed by atoms with Crippen molar-refractivity contribution in [2.24, 2.45) is 0 Å². The van der Waals surface area contributed by atoms with Gasteiger partial charge in [0.2, 0.25) is 10.4 Å². The average molecular weight is 286 g/mol. The van der Waals surface area contributed by atoms with E-state index in [2.05, 4.69) is 0 Å². The first-order valence-electron chi connectivity index (χ1n) is 3.86. The van der Waals surface area contributed by atoms with Crippen LogP contribution < -0.4 is 29.6 Å². The number of aromatic carboxylic acids is 2. The standard InChI is InChI=1S/C8H6O4.Na.H2O4S/c9-7(10)5-1-2-6(4-3-5)8(11)12;;1-5(2,3)4/h1-4H,(H,9,10)(H,11,12);;(H2,1,2,3,4)/q;+1;/p-1. The molecule has 0 aromatic heterocycles. The molecule has 94 valence electrons. The Bertz CT molecular complexity index is 465. The molecular formula is C8H7NaO8S. The third-order valence-corrected chi connectivity index (χ3v) is 1.38. The number of hydrogen-bond donors (Lipinski definition) is 3. The predicted molar refractivity (Wildman–Crippen MR) is 52.7 cm³/mol. The van der Waals surface area contributed by atoms with E-state index >= 15 is 0 Å². The first-order chi connectivity index (χ1) is 7.61. The molecule has 0 fully saturated rings. The summed E-state index contributed by atoms with van der Waals surface area (Å²) in [6, 6.07) is 5.02. The normalized spacial score (nSPS) is 9.44. The van der Waals surface area contributed by atoms with Crippen molar-refractivity contribution in [2.45, 2.75) is 0 Å². The molecule has 3 N–H and O–H groups in total. The number of carbonyl (C=O) groups is 2. The molecule has 1 aromatic carbocycles. The van der Waals surface area contributed by atoms with Gasteiger partial charge in [-0.05, 0) is 24.3 Å². The van der Waals surface area contributed by atoms with Gasteiger partial charge in [-0.15, -0.1) is 0 Å². The van der Waals surface area contributed by atoms with Gasteiger partial charge in [0, 0.05) is 0 Å². The molecule has 0 aliphatic heterocycles. The zero-order valence-electron chi connectivity index (χ0n) is 9.10. The van der Waals surface area contributed by atoms with Crippen LogP contribution in [0, 0.1) is 0 Å². The van der Waals surface area contributed by atoms with Crippen LogP contribution in [0.3, 0.4) is 0 Å². The molecule has 0 aliphatic carbocycles. The van der Waals surface area contributed by atoms with Gasteiger partial charge in [0.1, 0.15) is 0 Å². The van der Waals surface area contributed by atoms with E-state index in [0.29, 0.717) is 0 Å². The Morgan fingerprint density at radius 3 is 1.22 bits per heavy atom. The van der Waals surface area contributed by atoms with Gasteiger partial charge in [0.25, 0.3) is 0 Å². The molecule has 1 rings (SSSR count). The van der Waals surface area contributed by atoms with Gasteiger partial charge in [-0.2, -0.15) is 0 Å². The maximum Gasteiger partial charge on any atom is 1.00 e. The summed E-state index contributed by atoms with van der Waals surface area (Å²) < 4.78 is 32.8. The summed E-state index contributed by atoms with van der Waals surface area (Å²) in [5.41, 5.74) is 0.167. The van der Waals surface area contributed by atoms with Crippen molar-refractivity contribution in [3.63, 3.8) is 0 Å². The van der Waals surface area contributed by atoms with E-state index in [9.17, 15) is 9.59 Å². The molecule has 1 aromatic rings. The first-order valence-corrected chi connectivity index (χ1v) is 5.22. The summed E-state index contributed by atoms with van der Waals surface area (Å²) in [6.07, 6.45) is 0. The van der Waals surface area contributed by atoms with E-state index in [-0.39, 0.29) is 40.7 Å². The second-order valence-corrected chi connectivity index (χ2v) is 3.47. The number of carboxylic acid groups (broad SMARTS) is 2. The van der Waals surface area contributed by atoms with Crippen molar-refractivity contribution < 1.29 is 66.9 Å². The largest absolute Gasteiger partial charge is 1.00 e. The third kappa shape index (κ3) is 10.2. The van der Waals surface area contributed by atoms with Crippen LogP contribution in [-0.4, -0.2) is 39.7 Å². The molecule has 0 amide bonds. The molecule has 0 heterocycles. The van der Waals surface area contributed by atoms with Crippen LogP contribution in [0.5, 0.6) is 0 Å². The molecule has 0 atom stereocenters. The van der Waals surface area contributed by atoms with Crippen molar-refractivity contribution in [1.82, 2.24) is 0 Å². The van der Waals surface area contributed by atoms with Crippen LogP contribution in [0.2, 0.25) is 0 Å². The fraction of sp³-hybridized carbons (Fsp3) is 0. The molecule has 18 heavy (non-hydrogen) atoms. The molecule has 0 unspecified atom stereocenters. The van der Waals surface area contributed by atoms with Gasteiger partial charge < -0.3 is 14.8 Å². The zero-order chi connectivity index (χ0) is 13.6. The van der Waals surface area contributed by atoms with Gasteiger partial charge in [0.05, 0.1) is 11.1 Å². The number of carboxylic acids is 2. The Labute approximate surface area is 124 Å². The summed E-state index contributed by atoms with van der Waals surface area (Å²) in [5.74, 6) is -2.13. The van der Waals surface area contributed by atoms with Gasteiger partial charge in [-0.3, -0.25) is 4.55 Å². The minimum atomic E-state index is -4.92. The Balaban J connectivity index is 0. The van der Waals surface area contributed by atoms with Crippen LogP contribution in [0.1, 0.15) is 20.7 Å². The quantitative estimate of drug-likeness (QED) is 0.297. The molecule has 0 bridgehead atoms. The second kappa shape index (κ2) is 8.19. The molecule has 0 saturated carbocycles. The van der Waals surface area contributed by atoms with E-state index in [0.717, 1.165) is 0 Å². The number of benzene rings is 1. The first kappa shape index (κ1) is 19.4. The monoisotopic (exact) mass is 286 g/mol. The molecular weight excluding hydrogens is 279 g/mol. The molecule has 0 spiro atoms. The molecule has 0 radical (unpaired) electrons. The Morgan fingerprint density at radius 2 is 1.11 bits per heavy atom. The Morgan fingerprint density at radius 1 is 0.944 bits per heavy atom. The fourth-order valence-electron chi connectivity index (χ4n) is 0.755. The summed E-state index contributed by atoms with van der Waals surface area (Å²) in [7, 11) is -4.92. The minimum Gasteiger partial charge on any atom is -0.726 e. The molecule has 0 aliphatic rings. The third-order valence-electron chi connectivity index (χ3n) is 1.38. The van der Waals surface area contributed by atoms with Crippen molar-refractivity contribution in [3.05, 3.63) is 35.4 Å². The van der Waals surface area contributed by atoms with Crippen molar-refractivity contribution in [3.8, 4) is 0 Å². The van der Waals surface area contributed by atoms with Crippen molar-refractivity contribution >= 4 is 22.3 Å². The van der Waals surface area contributed by atoms with E-state index in [1.54, 1.807) is 0 Å². The Hall–Kier alpha value is -0.970. The fourth-order valence-corrected chi connectivity index (χ4v) is 0.755. The van der Waals surface area contributed by atoms with Gasteiger partial charge in [0.15, 0.2) is 0 Å². The summed E-state index contributed by atoms with van der Waals surface area (Å²) in [5, 5.41) is 16.9. The SMILES string of the molecule is O=C(O)c1ccc(C(=O)O)cc1.O=S(=O)([O-])O.[Na+]. The molecule has 8 nitrogen and oxygen atoms in total. The minimum absolute atomic E-state index is 0. The van der Waals surface area contributed by atoms with Crippen LogP contribution >= 0.6 is 0 Å². The summed E-state index contributed by atoms with van der Waals surface area (Å²) in [4.78, 5) is 20.7. The van der Waals surface area contributed by atoms with E-state index in [1.807, 2.05) is 0 Å². The van der Waals surface area contributed by atoms with Crippen LogP contribution in [0.25, 0.3) is 0 Å². The van der Waals surface area contributed by atoms with Gasteiger partial charge >= 0.3 is 41.5 Å². The van der Waals surface area contributed by atoms with Crippen molar-refractivity contribution in [1.29, 1.82) is 0 Å². The smallest absolute Gasteiger partial charge is 0.726 e. The number of hydrogen-bond acceptors (Lipinski definition) is 5. The van der Waals surface area contributed by atoms with E-state index in [4.69, 9.17) is 27.7 Å². The van der Waals surface area contributed by atoms with Crippen LogP contribution in [0.15, 0.2) is 24.3 Å². The maximum absolute atomic E-state index is 10.3. The van der Waals surface area contributed by atoms with E-state index in [1.165, 1.54) is 24.3 Å². The van der Waals surface area contributed by atoms with Gasteiger partial charge in [-0.25, -0.2) is 18.0 Å². The zero-order valence-corrected chi connectivity index (χ0v) is 11.9. The number of rotatable bonds is 2. The second-order valence-electron chi connectivity index (χ2n) is 2.62. The van der Waals surface area contributed by atoms with Crippen LogP contribution in [-0.2, 0) is 10.4 Å².